The highest BCUT2D eigenvalue weighted by Gasteiger charge is 2.08. The van der Waals surface area contributed by atoms with Gasteiger partial charge in [-0.2, -0.15) is 14.6 Å². The summed E-state index contributed by atoms with van der Waals surface area (Å²) in [6.45, 7) is 2.07. The first-order valence-corrected chi connectivity index (χ1v) is 6.30. The maximum Gasteiger partial charge on any atom is 0.298 e. The Kier molecular flexibility index (Phi) is 3.75. The molecule has 92 valence electrons. The minimum absolute atomic E-state index is 0.418. The molecule has 1 aromatic carbocycles. The summed E-state index contributed by atoms with van der Waals surface area (Å²) in [6, 6.07) is 6.91. The number of nitrogens with two attached hydrogens (primary N) is 1. The van der Waals surface area contributed by atoms with E-state index in [1.165, 1.54) is 11.5 Å². The molecule has 0 fully saturated rings. The van der Waals surface area contributed by atoms with Crippen molar-refractivity contribution in [3.05, 3.63) is 29.6 Å². The average Bonchev–Trinajstić information content (AvgIpc) is 2.80. The first-order valence-electron chi connectivity index (χ1n) is 5.53. The van der Waals surface area contributed by atoms with Crippen molar-refractivity contribution in [2.45, 2.75) is 19.8 Å². The van der Waals surface area contributed by atoms with Gasteiger partial charge >= 0.3 is 0 Å². The second kappa shape index (κ2) is 5.47. The van der Waals surface area contributed by atoms with Crippen molar-refractivity contribution in [2.75, 3.05) is 5.73 Å². The van der Waals surface area contributed by atoms with E-state index in [2.05, 4.69) is 16.3 Å². The predicted molar refractivity (Wildman–Crippen MR) is 69.5 cm³/mol. The number of hydrogen-bond donors (Lipinski definition) is 1. The number of benzene rings is 1. The molecule has 0 saturated heterocycles. The molecule has 5 nitrogen and oxygen atoms in total. The van der Waals surface area contributed by atoms with Crippen LogP contribution in [0.1, 0.15) is 24.7 Å². The van der Waals surface area contributed by atoms with Crippen molar-refractivity contribution >= 4 is 17.2 Å². The highest BCUT2D eigenvalue weighted by Crippen LogP contribution is 2.29. The summed E-state index contributed by atoms with van der Waals surface area (Å²) < 4.78 is 9.72. The van der Waals surface area contributed by atoms with Crippen LogP contribution in [0.3, 0.4) is 0 Å². The fourth-order valence-electron chi connectivity index (χ4n) is 1.41. The average molecular weight is 260 g/mol. The molecule has 0 amide bonds. The SMILES string of the molecule is CCCc1nsc(Oc2ccc(C#N)cc2N)n1. The van der Waals surface area contributed by atoms with Crippen LogP contribution in [-0.2, 0) is 6.42 Å². The molecule has 2 aromatic rings. The molecule has 0 spiro atoms. The van der Waals surface area contributed by atoms with E-state index in [1.807, 2.05) is 6.07 Å². The van der Waals surface area contributed by atoms with E-state index in [0.29, 0.717) is 22.2 Å². The maximum absolute atomic E-state index is 8.74. The standard InChI is InChI=1S/C12H12N4OS/c1-2-3-11-15-12(18-16-11)17-10-5-4-8(7-13)6-9(10)14/h4-6H,2-3,14H2,1H3. The summed E-state index contributed by atoms with van der Waals surface area (Å²) in [7, 11) is 0. The number of aromatic nitrogens is 2. The summed E-state index contributed by atoms with van der Waals surface area (Å²) in [4.78, 5) is 4.24. The third-order valence-corrected chi connectivity index (χ3v) is 2.89. The van der Waals surface area contributed by atoms with Gasteiger partial charge in [-0.25, -0.2) is 0 Å². The molecular formula is C12H12N4OS. The molecule has 2 rings (SSSR count). The Balaban J connectivity index is 2.15. The Morgan fingerprint density at radius 1 is 1.50 bits per heavy atom. The third kappa shape index (κ3) is 2.76. The Hall–Kier alpha value is -2.13. The van der Waals surface area contributed by atoms with Crippen LogP contribution in [0.5, 0.6) is 10.9 Å². The Labute approximate surface area is 109 Å². The largest absolute Gasteiger partial charge is 0.428 e. The lowest BCUT2D eigenvalue weighted by Gasteiger charge is -2.04. The lowest BCUT2D eigenvalue weighted by Crippen LogP contribution is -1.93. The van der Waals surface area contributed by atoms with Crippen LogP contribution in [0.4, 0.5) is 5.69 Å². The predicted octanol–water partition coefficient (Wildman–Crippen LogP) is 2.74. The van der Waals surface area contributed by atoms with Crippen molar-refractivity contribution in [1.29, 1.82) is 5.26 Å². The molecule has 0 aliphatic carbocycles. The van der Waals surface area contributed by atoms with Crippen molar-refractivity contribution < 1.29 is 4.74 Å². The zero-order chi connectivity index (χ0) is 13.0. The second-order valence-corrected chi connectivity index (χ2v) is 4.41. The van der Waals surface area contributed by atoms with Crippen LogP contribution < -0.4 is 10.5 Å². The molecule has 0 aliphatic rings. The minimum atomic E-state index is 0.418. The van der Waals surface area contributed by atoms with Crippen LogP contribution in [0, 0.1) is 11.3 Å². The number of nitrogen functional groups attached to an aromatic ring is 1. The number of ether oxygens (including phenoxy) is 1. The highest BCUT2D eigenvalue weighted by molar-refractivity contribution is 7.07. The molecule has 0 radical (unpaired) electrons. The fraction of sp³-hybridized carbons (Fsp3) is 0.250. The first kappa shape index (κ1) is 12.3. The van der Waals surface area contributed by atoms with Gasteiger partial charge in [0.2, 0.25) is 0 Å². The summed E-state index contributed by atoms with van der Waals surface area (Å²) >= 11 is 1.20. The molecule has 0 unspecified atom stereocenters. The van der Waals surface area contributed by atoms with Crippen LogP contribution in [0.25, 0.3) is 0 Å². The van der Waals surface area contributed by atoms with Crippen molar-refractivity contribution in [3.63, 3.8) is 0 Å². The Morgan fingerprint density at radius 3 is 3.00 bits per heavy atom. The fourth-order valence-corrected chi connectivity index (χ4v) is 2.00. The third-order valence-electron chi connectivity index (χ3n) is 2.26. The topological polar surface area (TPSA) is 84.8 Å². The molecule has 0 atom stereocenters. The number of rotatable bonds is 4. The molecule has 0 saturated carbocycles. The van der Waals surface area contributed by atoms with Gasteiger partial charge in [0.05, 0.1) is 17.3 Å². The molecule has 1 aromatic heterocycles. The van der Waals surface area contributed by atoms with Crippen LogP contribution in [0.2, 0.25) is 0 Å². The van der Waals surface area contributed by atoms with Gasteiger partial charge in [-0.3, -0.25) is 0 Å². The second-order valence-electron chi connectivity index (χ2n) is 3.69. The van der Waals surface area contributed by atoms with E-state index in [4.69, 9.17) is 15.7 Å². The van der Waals surface area contributed by atoms with Crippen molar-refractivity contribution in [3.8, 4) is 17.0 Å². The summed E-state index contributed by atoms with van der Waals surface area (Å²) in [5, 5.41) is 9.21. The lowest BCUT2D eigenvalue weighted by molar-refractivity contribution is 0.479. The van der Waals surface area contributed by atoms with Gasteiger partial charge in [0.25, 0.3) is 5.19 Å². The maximum atomic E-state index is 8.74. The number of aryl methyl sites for hydroxylation is 1. The lowest BCUT2D eigenvalue weighted by atomic mass is 10.2. The smallest absolute Gasteiger partial charge is 0.298 e. The molecule has 0 bridgehead atoms. The zero-order valence-corrected chi connectivity index (χ0v) is 10.7. The van der Waals surface area contributed by atoms with Crippen molar-refractivity contribution in [2.24, 2.45) is 0 Å². The molecule has 0 aliphatic heterocycles. The quantitative estimate of drug-likeness (QED) is 0.854. The first-order chi connectivity index (χ1) is 8.72. The molecule has 1 heterocycles. The number of hydrogen-bond acceptors (Lipinski definition) is 6. The summed E-state index contributed by atoms with van der Waals surface area (Å²) in [5.74, 6) is 1.28. The van der Waals surface area contributed by atoms with Gasteiger partial charge in [-0.1, -0.05) is 6.92 Å². The van der Waals surface area contributed by atoms with E-state index in [0.717, 1.165) is 18.7 Å². The van der Waals surface area contributed by atoms with Gasteiger partial charge in [0.15, 0.2) is 5.75 Å². The van der Waals surface area contributed by atoms with Gasteiger partial charge in [-0.05, 0) is 24.6 Å². The van der Waals surface area contributed by atoms with E-state index in [1.54, 1.807) is 18.2 Å². The number of nitriles is 1. The minimum Gasteiger partial charge on any atom is -0.428 e. The van der Waals surface area contributed by atoms with E-state index >= 15 is 0 Å². The van der Waals surface area contributed by atoms with Gasteiger partial charge in [-0.15, -0.1) is 0 Å². The number of anilines is 1. The van der Waals surface area contributed by atoms with Gasteiger partial charge < -0.3 is 10.5 Å². The molecule has 6 heteroatoms. The normalized spacial score (nSPS) is 10.0. The Morgan fingerprint density at radius 2 is 2.33 bits per heavy atom. The summed E-state index contributed by atoms with van der Waals surface area (Å²) in [5.41, 5.74) is 6.71. The van der Waals surface area contributed by atoms with Crippen LogP contribution >= 0.6 is 11.5 Å². The molecular weight excluding hydrogens is 248 g/mol. The zero-order valence-electron chi connectivity index (χ0n) is 9.88. The molecule has 2 N–H and O–H groups in total. The van der Waals surface area contributed by atoms with E-state index in [-0.39, 0.29) is 0 Å². The highest BCUT2D eigenvalue weighted by atomic mass is 32.1. The van der Waals surface area contributed by atoms with Crippen molar-refractivity contribution in [1.82, 2.24) is 9.36 Å². The van der Waals surface area contributed by atoms with E-state index in [9.17, 15) is 0 Å². The Bertz CT molecular complexity index is 588. The summed E-state index contributed by atoms with van der Waals surface area (Å²) in [6.07, 6.45) is 1.83. The van der Waals surface area contributed by atoms with Gasteiger partial charge in [0.1, 0.15) is 5.82 Å². The molecule has 18 heavy (non-hydrogen) atoms. The van der Waals surface area contributed by atoms with Crippen LogP contribution in [-0.4, -0.2) is 9.36 Å². The van der Waals surface area contributed by atoms with Gasteiger partial charge in [0, 0.05) is 18.0 Å². The van der Waals surface area contributed by atoms with Crippen LogP contribution in [0.15, 0.2) is 18.2 Å². The van der Waals surface area contributed by atoms with E-state index < -0.39 is 0 Å². The number of nitrogens with zero attached hydrogens (tertiary/aromatic N) is 3. The monoisotopic (exact) mass is 260 g/mol.